The van der Waals surface area contributed by atoms with Crippen molar-refractivity contribution in [1.82, 2.24) is 24.8 Å². The Balaban J connectivity index is 1.12. The Morgan fingerprint density at radius 1 is 0.882 bits per heavy atom. The molecule has 0 radical (unpaired) electrons. The van der Waals surface area contributed by atoms with Gasteiger partial charge < -0.3 is 14.8 Å². The molecular weight excluding hydrogens is 446 g/mol. The molecule has 34 heavy (non-hydrogen) atoms. The number of piperazine rings is 1. The number of carbonyl (C=O) groups is 2. The molecule has 2 amide bonds. The van der Waals surface area contributed by atoms with Crippen LogP contribution in [-0.2, 0) is 17.0 Å². The average Bonchev–Trinajstić information content (AvgIpc) is 3.31. The van der Waals surface area contributed by atoms with Crippen LogP contribution in [0.1, 0.15) is 21.6 Å². The number of aromatic nitrogens is 3. The fraction of sp³-hybridized carbons (Fsp3) is 0.231. The lowest BCUT2D eigenvalue weighted by Gasteiger charge is -2.34. The number of fused-ring (bicyclic) bond motifs is 1. The van der Waals surface area contributed by atoms with Gasteiger partial charge in [0.05, 0.1) is 17.5 Å². The van der Waals surface area contributed by atoms with E-state index in [9.17, 15) is 9.59 Å². The predicted molar refractivity (Wildman–Crippen MR) is 133 cm³/mol. The molecule has 2 aromatic heterocycles. The molecule has 2 aromatic carbocycles. The van der Waals surface area contributed by atoms with Gasteiger partial charge in [-0.05, 0) is 42.0 Å². The monoisotopic (exact) mass is 471 g/mol. The number of hydrogen-bond donors (Lipinski definition) is 1. The Morgan fingerprint density at radius 2 is 1.62 bits per heavy atom. The fourth-order valence-corrected chi connectivity index (χ4v) is 4.84. The van der Waals surface area contributed by atoms with E-state index in [4.69, 9.17) is 0 Å². The van der Waals surface area contributed by atoms with Crippen molar-refractivity contribution in [3.63, 3.8) is 0 Å². The fourth-order valence-electron chi connectivity index (χ4n) is 4.00. The number of amides is 2. The molecule has 1 aliphatic rings. The van der Waals surface area contributed by atoms with Crippen LogP contribution >= 0.6 is 11.8 Å². The zero-order chi connectivity index (χ0) is 23.3. The van der Waals surface area contributed by atoms with Crippen LogP contribution in [0.25, 0.3) is 11.0 Å². The molecule has 8 heteroatoms. The third-order valence-electron chi connectivity index (χ3n) is 5.92. The summed E-state index contributed by atoms with van der Waals surface area (Å²) in [5.74, 6) is 0.830. The van der Waals surface area contributed by atoms with Gasteiger partial charge >= 0.3 is 0 Å². The maximum Gasteiger partial charge on any atom is 0.253 e. The van der Waals surface area contributed by atoms with Gasteiger partial charge in [-0.15, -0.1) is 0 Å². The molecule has 1 N–H and O–H groups in total. The van der Waals surface area contributed by atoms with E-state index in [0.717, 1.165) is 33.2 Å². The van der Waals surface area contributed by atoms with E-state index in [-0.39, 0.29) is 11.8 Å². The van der Waals surface area contributed by atoms with Gasteiger partial charge in [-0.1, -0.05) is 42.1 Å². The molecule has 0 aliphatic carbocycles. The number of nitrogens with one attached hydrogen (secondary N) is 1. The third-order valence-corrected chi connectivity index (χ3v) is 6.87. The maximum absolute atomic E-state index is 12.9. The lowest BCUT2D eigenvalue weighted by molar-refractivity contribution is -0.132. The SMILES string of the molecule is O=C(Cc1ccccn1)N1CCN(C(=O)c2ccc(CSc3nc4ccccc4[nH]3)cc2)CC1. The zero-order valence-electron chi connectivity index (χ0n) is 18.7. The van der Waals surface area contributed by atoms with Gasteiger partial charge in [0.1, 0.15) is 0 Å². The van der Waals surface area contributed by atoms with Crippen LogP contribution < -0.4 is 0 Å². The Labute approximate surface area is 202 Å². The van der Waals surface area contributed by atoms with Gasteiger partial charge in [0.25, 0.3) is 5.91 Å². The number of rotatable bonds is 6. The minimum Gasteiger partial charge on any atom is -0.339 e. The Kier molecular flexibility index (Phi) is 6.58. The number of carbonyl (C=O) groups excluding carboxylic acids is 2. The molecule has 5 rings (SSSR count). The average molecular weight is 472 g/mol. The Bertz CT molecular complexity index is 1250. The van der Waals surface area contributed by atoms with E-state index in [0.29, 0.717) is 38.2 Å². The van der Waals surface area contributed by atoms with Gasteiger partial charge in [0.2, 0.25) is 5.91 Å². The van der Waals surface area contributed by atoms with Crippen LogP contribution in [0.2, 0.25) is 0 Å². The van der Waals surface area contributed by atoms with Crippen LogP contribution in [0.4, 0.5) is 0 Å². The lowest BCUT2D eigenvalue weighted by atomic mass is 10.1. The number of thioether (sulfide) groups is 1. The van der Waals surface area contributed by atoms with E-state index in [1.165, 1.54) is 0 Å². The quantitative estimate of drug-likeness (QED) is 0.433. The summed E-state index contributed by atoms with van der Waals surface area (Å²) in [5, 5.41) is 0.886. The molecule has 4 aromatic rings. The van der Waals surface area contributed by atoms with Gasteiger partial charge in [0.15, 0.2) is 5.16 Å². The summed E-state index contributed by atoms with van der Waals surface area (Å²) < 4.78 is 0. The number of imidazole rings is 1. The smallest absolute Gasteiger partial charge is 0.253 e. The van der Waals surface area contributed by atoms with Gasteiger partial charge in [-0.2, -0.15) is 0 Å². The number of benzene rings is 2. The molecule has 1 saturated heterocycles. The van der Waals surface area contributed by atoms with Crippen molar-refractivity contribution >= 4 is 34.6 Å². The summed E-state index contributed by atoms with van der Waals surface area (Å²) in [7, 11) is 0. The number of nitrogens with zero attached hydrogens (tertiary/aromatic N) is 4. The molecule has 1 fully saturated rings. The molecule has 3 heterocycles. The van der Waals surface area contributed by atoms with Crippen LogP contribution in [0.5, 0.6) is 0 Å². The number of aromatic amines is 1. The highest BCUT2D eigenvalue weighted by atomic mass is 32.2. The molecular formula is C26H25N5O2S. The Morgan fingerprint density at radius 3 is 2.35 bits per heavy atom. The topological polar surface area (TPSA) is 82.2 Å². The van der Waals surface area contributed by atoms with Crippen LogP contribution in [0.15, 0.2) is 78.1 Å². The molecule has 1 aliphatic heterocycles. The molecule has 172 valence electrons. The summed E-state index contributed by atoms with van der Waals surface area (Å²) in [6.45, 7) is 2.17. The minimum atomic E-state index is 0.00770. The second-order valence-electron chi connectivity index (χ2n) is 8.22. The van der Waals surface area contributed by atoms with Crippen molar-refractivity contribution in [2.24, 2.45) is 0 Å². The lowest BCUT2D eigenvalue weighted by Crippen LogP contribution is -2.51. The van der Waals surface area contributed by atoms with E-state index >= 15 is 0 Å². The molecule has 0 unspecified atom stereocenters. The summed E-state index contributed by atoms with van der Waals surface area (Å²) in [6.07, 6.45) is 1.99. The van der Waals surface area contributed by atoms with Crippen LogP contribution in [-0.4, -0.2) is 62.7 Å². The maximum atomic E-state index is 12.9. The normalized spacial score (nSPS) is 13.9. The van der Waals surface area contributed by atoms with Crippen LogP contribution in [0, 0.1) is 0 Å². The van der Waals surface area contributed by atoms with E-state index in [1.54, 1.807) is 18.0 Å². The van der Waals surface area contributed by atoms with Crippen molar-refractivity contribution in [2.45, 2.75) is 17.3 Å². The number of hydrogen-bond acceptors (Lipinski definition) is 5. The molecule has 0 spiro atoms. The van der Waals surface area contributed by atoms with E-state index < -0.39 is 0 Å². The third kappa shape index (κ3) is 5.12. The first-order valence-electron chi connectivity index (χ1n) is 11.3. The number of para-hydroxylation sites is 2. The molecule has 0 saturated carbocycles. The molecule has 7 nitrogen and oxygen atoms in total. The van der Waals surface area contributed by atoms with Crippen molar-refractivity contribution in [1.29, 1.82) is 0 Å². The van der Waals surface area contributed by atoms with Crippen LogP contribution in [0.3, 0.4) is 0 Å². The van der Waals surface area contributed by atoms with Crippen molar-refractivity contribution in [3.8, 4) is 0 Å². The van der Waals surface area contributed by atoms with E-state index in [1.807, 2.05) is 76.5 Å². The predicted octanol–water partition coefficient (Wildman–Crippen LogP) is 3.78. The van der Waals surface area contributed by atoms with Crippen molar-refractivity contribution < 1.29 is 9.59 Å². The van der Waals surface area contributed by atoms with Gasteiger partial charge in [0, 0.05) is 49.4 Å². The highest BCUT2D eigenvalue weighted by molar-refractivity contribution is 7.98. The Hall–Kier alpha value is -3.65. The number of H-pyrrole nitrogens is 1. The zero-order valence-corrected chi connectivity index (χ0v) is 19.5. The highest BCUT2D eigenvalue weighted by Gasteiger charge is 2.25. The summed E-state index contributed by atoms with van der Waals surface area (Å²) in [5.41, 5.74) is 4.57. The van der Waals surface area contributed by atoms with Crippen molar-refractivity contribution in [2.75, 3.05) is 26.2 Å². The summed E-state index contributed by atoms with van der Waals surface area (Å²) in [6, 6.07) is 21.3. The first kappa shape index (κ1) is 22.2. The van der Waals surface area contributed by atoms with Gasteiger partial charge in [-0.25, -0.2) is 4.98 Å². The van der Waals surface area contributed by atoms with Crippen molar-refractivity contribution in [3.05, 3.63) is 89.7 Å². The first-order chi connectivity index (χ1) is 16.7. The second-order valence-corrected chi connectivity index (χ2v) is 9.18. The largest absolute Gasteiger partial charge is 0.339 e. The first-order valence-corrected chi connectivity index (χ1v) is 12.3. The number of pyridine rings is 1. The summed E-state index contributed by atoms with van der Waals surface area (Å²) >= 11 is 1.64. The van der Waals surface area contributed by atoms with E-state index in [2.05, 4.69) is 15.0 Å². The minimum absolute atomic E-state index is 0.00770. The molecule has 0 atom stereocenters. The molecule has 0 bridgehead atoms. The second kappa shape index (κ2) is 10.1. The standard InChI is InChI=1S/C26H25N5O2S/c32-24(17-21-5-3-4-12-27-21)30-13-15-31(16-14-30)25(33)20-10-8-19(9-11-20)18-34-26-28-22-6-1-2-7-23(22)29-26/h1-12H,13-18H2,(H,28,29). The van der Waals surface area contributed by atoms with Gasteiger partial charge in [-0.3, -0.25) is 14.6 Å². The summed E-state index contributed by atoms with van der Waals surface area (Å²) in [4.78, 5) is 41.3. The highest BCUT2D eigenvalue weighted by Crippen LogP contribution is 2.23.